The Labute approximate surface area is 144 Å². The van der Waals surface area contributed by atoms with E-state index in [1.807, 2.05) is 18.2 Å². The first-order valence-electron chi connectivity index (χ1n) is 7.46. The molecule has 2 heterocycles. The molecule has 0 fully saturated rings. The molecule has 3 rings (SSSR count). The minimum atomic E-state index is 0.441. The largest absolute Gasteiger partial charge is 0.368 e. The average Bonchev–Trinajstić information content (AvgIpc) is 3.00. The third kappa shape index (κ3) is 3.74. The Morgan fingerprint density at radius 2 is 1.96 bits per heavy atom. The van der Waals surface area contributed by atoms with Crippen molar-refractivity contribution < 1.29 is 0 Å². The summed E-state index contributed by atoms with van der Waals surface area (Å²) in [6.45, 7) is 2.98. The molecule has 5 nitrogen and oxygen atoms in total. The maximum atomic E-state index is 6.23. The number of rotatable bonds is 6. The first-order chi connectivity index (χ1) is 11.1. The number of anilines is 1. The van der Waals surface area contributed by atoms with Crippen molar-refractivity contribution in [3.63, 3.8) is 0 Å². The average molecular weight is 350 g/mol. The SMILES string of the molecule is CC(CCNc1nc[nH]c2ncnc1-2)Cc1c(Cl)cccc1Cl. The number of hydrogen-bond donors (Lipinski definition) is 2. The number of hydrogen-bond acceptors (Lipinski definition) is 4. The molecule has 1 atom stereocenters. The second-order valence-electron chi connectivity index (χ2n) is 5.55. The lowest BCUT2D eigenvalue weighted by Crippen LogP contribution is -2.11. The second kappa shape index (κ2) is 7.15. The highest BCUT2D eigenvalue weighted by molar-refractivity contribution is 6.35. The molecular weight excluding hydrogens is 333 g/mol. The Hall–Kier alpha value is -1.85. The number of aromatic nitrogens is 4. The van der Waals surface area contributed by atoms with Crippen molar-refractivity contribution in [2.75, 3.05) is 11.9 Å². The van der Waals surface area contributed by atoms with Gasteiger partial charge in [0.2, 0.25) is 0 Å². The van der Waals surface area contributed by atoms with Crippen LogP contribution in [0, 0.1) is 5.92 Å². The number of aromatic amines is 1. The zero-order chi connectivity index (χ0) is 16.2. The molecule has 1 aromatic carbocycles. The highest BCUT2D eigenvalue weighted by Gasteiger charge is 2.13. The van der Waals surface area contributed by atoms with Crippen LogP contribution in [0.2, 0.25) is 10.0 Å². The van der Waals surface area contributed by atoms with Crippen LogP contribution in [0.5, 0.6) is 0 Å². The van der Waals surface area contributed by atoms with Crippen molar-refractivity contribution in [1.82, 2.24) is 19.9 Å². The van der Waals surface area contributed by atoms with E-state index in [4.69, 9.17) is 23.2 Å². The number of fused-ring (bicyclic) bond motifs is 1. The Morgan fingerprint density at radius 1 is 1.17 bits per heavy atom. The van der Waals surface area contributed by atoms with Crippen molar-refractivity contribution in [2.24, 2.45) is 5.92 Å². The van der Waals surface area contributed by atoms with E-state index in [1.54, 1.807) is 6.33 Å². The van der Waals surface area contributed by atoms with Crippen molar-refractivity contribution in [1.29, 1.82) is 0 Å². The predicted octanol–water partition coefficient (Wildman–Crippen LogP) is 4.29. The monoisotopic (exact) mass is 349 g/mol. The van der Waals surface area contributed by atoms with E-state index in [0.717, 1.165) is 52.3 Å². The number of benzene rings is 1. The van der Waals surface area contributed by atoms with Crippen LogP contribution in [0.15, 0.2) is 30.9 Å². The molecule has 1 unspecified atom stereocenters. The molecule has 0 aromatic heterocycles. The van der Waals surface area contributed by atoms with Gasteiger partial charge in [0.1, 0.15) is 12.0 Å². The van der Waals surface area contributed by atoms with Gasteiger partial charge in [0.05, 0.1) is 6.33 Å². The van der Waals surface area contributed by atoms with E-state index < -0.39 is 0 Å². The lowest BCUT2D eigenvalue weighted by molar-refractivity contribution is 0.546. The van der Waals surface area contributed by atoms with Crippen molar-refractivity contribution in [3.8, 4) is 11.5 Å². The maximum Gasteiger partial charge on any atom is 0.162 e. The summed E-state index contributed by atoms with van der Waals surface area (Å²) in [5.74, 6) is 1.93. The van der Waals surface area contributed by atoms with E-state index in [0.29, 0.717) is 5.92 Å². The molecule has 7 heteroatoms. The van der Waals surface area contributed by atoms with Crippen LogP contribution in [0.4, 0.5) is 5.82 Å². The van der Waals surface area contributed by atoms with E-state index in [2.05, 4.69) is 32.2 Å². The number of H-pyrrole nitrogens is 1. The number of nitrogens with one attached hydrogen (secondary N) is 2. The molecule has 0 bridgehead atoms. The second-order valence-corrected chi connectivity index (χ2v) is 6.36. The fourth-order valence-corrected chi connectivity index (χ4v) is 3.06. The van der Waals surface area contributed by atoms with Gasteiger partial charge in [-0.3, -0.25) is 0 Å². The molecule has 1 aromatic rings. The number of halogens is 2. The standard InChI is InChI=1S/C16H17Cl2N5/c1-10(7-11-12(17)3-2-4-13(11)18)5-6-19-15-14-16(21-8-20-14)23-9-22-15/h2-4,8-10H,5-7H2,1H3,(H2,19,20,21,22,23). The fraction of sp³-hybridized carbons (Fsp3) is 0.312. The molecule has 23 heavy (non-hydrogen) atoms. The molecule has 2 aliphatic rings. The normalized spacial score (nSPS) is 12.5. The summed E-state index contributed by atoms with van der Waals surface area (Å²) < 4.78 is 0. The van der Waals surface area contributed by atoms with Crippen molar-refractivity contribution in [3.05, 3.63) is 46.5 Å². The Bertz CT molecular complexity index is 738. The van der Waals surface area contributed by atoms with Crippen LogP contribution >= 0.6 is 23.2 Å². The molecule has 0 spiro atoms. The topological polar surface area (TPSA) is 66.5 Å². The molecule has 0 saturated heterocycles. The van der Waals surface area contributed by atoms with Gasteiger partial charge in [-0.25, -0.2) is 15.0 Å². The van der Waals surface area contributed by atoms with Gasteiger partial charge in [-0.15, -0.1) is 0 Å². The quantitative estimate of drug-likeness (QED) is 0.696. The first-order valence-corrected chi connectivity index (χ1v) is 8.21. The lowest BCUT2D eigenvalue weighted by atomic mass is 9.98. The third-order valence-electron chi connectivity index (χ3n) is 3.76. The zero-order valence-electron chi connectivity index (χ0n) is 12.7. The Kier molecular flexibility index (Phi) is 4.98. The summed E-state index contributed by atoms with van der Waals surface area (Å²) in [5, 5.41) is 4.78. The number of imidazole rings is 1. The van der Waals surface area contributed by atoms with Crippen LogP contribution in [0.3, 0.4) is 0 Å². The van der Waals surface area contributed by atoms with Crippen molar-refractivity contribution in [2.45, 2.75) is 19.8 Å². The maximum absolute atomic E-state index is 6.23. The van der Waals surface area contributed by atoms with E-state index in [1.165, 1.54) is 6.33 Å². The van der Waals surface area contributed by atoms with E-state index in [9.17, 15) is 0 Å². The molecule has 120 valence electrons. The van der Waals surface area contributed by atoms with Gasteiger partial charge >= 0.3 is 0 Å². The molecule has 0 aliphatic carbocycles. The summed E-state index contributed by atoms with van der Waals surface area (Å²) in [5.41, 5.74) is 1.77. The van der Waals surface area contributed by atoms with Crippen LogP contribution in [0.1, 0.15) is 18.9 Å². The molecule has 0 saturated carbocycles. The van der Waals surface area contributed by atoms with Crippen LogP contribution in [-0.2, 0) is 6.42 Å². The van der Waals surface area contributed by atoms with Gasteiger partial charge < -0.3 is 10.3 Å². The zero-order valence-corrected chi connectivity index (χ0v) is 14.2. The minimum absolute atomic E-state index is 0.441. The van der Waals surface area contributed by atoms with Gasteiger partial charge in [0, 0.05) is 16.6 Å². The molecular formula is C16H17Cl2N5. The summed E-state index contributed by atoms with van der Waals surface area (Å²) >= 11 is 12.5. The fourth-order valence-electron chi connectivity index (χ4n) is 2.51. The van der Waals surface area contributed by atoms with Crippen LogP contribution in [0.25, 0.3) is 11.5 Å². The molecule has 2 aliphatic heterocycles. The van der Waals surface area contributed by atoms with E-state index in [-0.39, 0.29) is 0 Å². The van der Waals surface area contributed by atoms with Crippen LogP contribution in [-0.4, -0.2) is 26.5 Å². The highest BCUT2D eigenvalue weighted by atomic mass is 35.5. The van der Waals surface area contributed by atoms with Gasteiger partial charge in [0.25, 0.3) is 0 Å². The van der Waals surface area contributed by atoms with Gasteiger partial charge in [-0.05, 0) is 36.5 Å². The summed E-state index contributed by atoms with van der Waals surface area (Å²) in [4.78, 5) is 15.6. The smallest absolute Gasteiger partial charge is 0.162 e. The molecule has 2 N–H and O–H groups in total. The summed E-state index contributed by atoms with van der Waals surface area (Å²) in [7, 11) is 0. The first kappa shape index (κ1) is 16.0. The van der Waals surface area contributed by atoms with Crippen molar-refractivity contribution >= 4 is 29.0 Å². The lowest BCUT2D eigenvalue weighted by Gasteiger charge is -2.15. The van der Waals surface area contributed by atoms with E-state index >= 15 is 0 Å². The van der Waals surface area contributed by atoms with Crippen LogP contribution < -0.4 is 5.32 Å². The van der Waals surface area contributed by atoms with Gasteiger partial charge in [0.15, 0.2) is 11.6 Å². The Balaban J connectivity index is 1.56. The summed E-state index contributed by atoms with van der Waals surface area (Å²) in [6.07, 6.45) is 4.96. The molecule has 0 amide bonds. The third-order valence-corrected chi connectivity index (χ3v) is 4.47. The Morgan fingerprint density at radius 3 is 2.74 bits per heavy atom. The van der Waals surface area contributed by atoms with Gasteiger partial charge in [-0.2, -0.15) is 0 Å². The van der Waals surface area contributed by atoms with Gasteiger partial charge in [-0.1, -0.05) is 36.2 Å². The predicted molar refractivity (Wildman–Crippen MR) is 93.2 cm³/mol. The molecule has 0 radical (unpaired) electrons. The highest BCUT2D eigenvalue weighted by Crippen LogP contribution is 2.28. The number of nitrogens with zero attached hydrogens (tertiary/aromatic N) is 3. The summed E-state index contributed by atoms with van der Waals surface area (Å²) in [6, 6.07) is 5.62. The minimum Gasteiger partial charge on any atom is -0.368 e.